The molecule has 144 valence electrons. The third-order valence-electron chi connectivity index (χ3n) is 3.72. The van der Waals surface area contributed by atoms with E-state index in [2.05, 4.69) is 11.1 Å². The molecule has 0 aliphatic carbocycles. The summed E-state index contributed by atoms with van der Waals surface area (Å²) in [6.45, 7) is 2.67. The summed E-state index contributed by atoms with van der Waals surface area (Å²) in [5.41, 5.74) is 2.46. The van der Waals surface area contributed by atoms with Crippen LogP contribution in [-0.2, 0) is 9.59 Å². The smallest absolute Gasteiger partial charge is 0.308 e. The van der Waals surface area contributed by atoms with Crippen molar-refractivity contribution in [1.82, 2.24) is 4.98 Å². The summed E-state index contributed by atoms with van der Waals surface area (Å²) in [4.78, 5) is 26.9. The Morgan fingerprint density at radius 2 is 1.72 bits per heavy atom. The van der Waals surface area contributed by atoms with Crippen LogP contribution in [0.5, 0.6) is 11.5 Å². The van der Waals surface area contributed by atoms with Crippen LogP contribution in [0.15, 0.2) is 53.9 Å². The van der Waals surface area contributed by atoms with E-state index in [0.29, 0.717) is 33.3 Å². The molecule has 3 aromatic rings. The molecule has 0 radical (unpaired) electrons. The number of benzene rings is 2. The van der Waals surface area contributed by atoms with Crippen molar-refractivity contribution in [3.8, 4) is 28.8 Å². The second kappa shape index (κ2) is 8.95. The Kier molecular flexibility index (Phi) is 6.17. The summed E-state index contributed by atoms with van der Waals surface area (Å²) in [5.74, 6) is 0.0465. The van der Waals surface area contributed by atoms with E-state index in [1.165, 1.54) is 25.2 Å². The molecule has 1 heterocycles. The highest BCUT2D eigenvalue weighted by atomic mass is 32.1. The van der Waals surface area contributed by atoms with Gasteiger partial charge in [-0.05, 0) is 35.9 Å². The highest BCUT2D eigenvalue weighted by molar-refractivity contribution is 7.11. The van der Waals surface area contributed by atoms with Gasteiger partial charge in [-0.1, -0.05) is 24.3 Å². The molecule has 0 saturated heterocycles. The van der Waals surface area contributed by atoms with Crippen LogP contribution < -0.4 is 9.47 Å². The van der Waals surface area contributed by atoms with E-state index in [1.807, 2.05) is 11.4 Å². The minimum absolute atomic E-state index is 0.393. The van der Waals surface area contributed by atoms with Crippen molar-refractivity contribution >= 4 is 34.9 Å². The van der Waals surface area contributed by atoms with Crippen molar-refractivity contribution in [1.29, 1.82) is 5.26 Å². The maximum atomic E-state index is 11.3. The van der Waals surface area contributed by atoms with Crippen molar-refractivity contribution in [2.75, 3.05) is 0 Å². The molecule has 0 spiro atoms. The van der Waals surface area contributed by atoms with Gasteiger partial charge in [-0.3, -0.25) is 9.59 Å². The Balaban J connectivity index is 1.89. The largest absolute Gasteiger partial charge is 0.427 e. The average Bonchev–Trinajstić information content (AvgIpc) is 3.16. The molecule has 0 amide bonds. The van der Waals surface area contributed by atoms with Crippen molar-refractivity contribution in [3.63, 3.8) is 0 Å². The number of hydrogen-bond donors (Lipinski definition) is 0. The number of allylic oxidation sites excluding steroid dienone is 1. The Morgan fingerprint density at radius 3 is 2.38 bits per heavy atom. The molecule has 6 nitrogen and oxygen atoms in total. The van der Waals surface area contributed by atoms with Crippen LogP contribution in [-0.4, -0.2) is 16.9 Å². The number of esters is 2. The lowest BCUT2D eigenvalue weighted by atomic mass is 10.1. The van der Waals surface area contributed by atoms with E-state index in [9.17, 15) is 14.9 Å². The van der Waals surface area contributed by atoms with Crippen molar-refractivity contribution in [3.05, 3.63) is 64.5 Å². The summed E-state index contributed by atoms with van der Waals surface area (Å²) in [5, 5.41) is 11.9. The van der Waals surface area contributed by atoms with E-state index < -0.39 is 11.9 Å². The molecule has 0 saturated carbocycles. The van der Waals surface area contributed by atoms with Crippen molar-refractivity contribution in [2.24, 2.45) is 0 Å². The van der Waals surface area contributed by atoms with Crippen LogP contribution in [0.2, 0.25) is 0 Å². The molecule has 0 fully saturated rings. The molecule has 1 aromatic heterocycles. The van der Waals surface area contributed by atoms with Gasteiger partial charge >= 0.3 is 11.9 Å². The Hall–Kier alpha value is -3.76. The van der Waals surface area contributed by atoms with Gasteiger partial charge in [0.2, 0.25) is 0 Å². The number of hydrogen-bond acceptors (Lipinski definition) is 7. The minimum Gasteiger partial charge on any atom is -0.427 e. The Bertz CT molecular complexity index is 1120. The molecule has 3 rings (SSSR count). The fourth-order valence-electron chi connectivity index (χ4n) is 2.55. The van der Waals surface area contributed by atoms with E-state index in [1.54, 1.807) is 48.5 Å². The maximum Gasteiger partial charge on any atom is 0.308 e. The number of aromatic nitrogens is 1. The van der Waals surface area contributed by atoms with Crippen LogP contribution >= 0.6 is 11.3 Å². The summed E-state index contributed by atoms with van der Waals surface area (Å²) in [6, 6.07) is 16.1. The highest BCUT2D eigenvalue weighted by Gasteiger charge is 2.13. The normalized spacial score (nSPS) is 10.9. The molecule has 2 aromatic carbocycles. The lowest BCUT2D eigenvalue weighted by Gasteiger charge is -2.06. The molecule has 0 aliphatic rings. The van der Waals surface area contributed by atoms with E-state index >= 15 is 0 Å². The maximum absolute atomic E-state index is 11.3. The molecule has 0 atom stereocenters. The molecule has 29 heavy (non-hydrogen) atoms. The third kappa shape index (κ3) is 5.15. The van der Waals surface area contributed by atoms with Gasteiger partial charge in [0.25, 0.3) is 0 Å². The van der Waals surface area contributed by atoms with Crippen LogP contribution in [0.3, 0.4) is 0 Å². The molecular formula is C22H16N2O4S. The number of ether oxygens (including phenoxy) is 2. The first-order valence-electron chi connectivity index (χ1n) is 8.60. The van der Waals surface area contributed by atoms with E-state index in [-0.39, 0.29) is 0 Å². The van der Waals surface area contributed by atoms with Gasteiger partial charge < -0.3 is 9.47 Å². The van der Waals surface area contributed by atoms with Crippen LogP contribution in [0, 0.1) is 11.3 Å². The molecule has 0 N–H and O–H groups in total. The van der Waals surface area contributed by atoms with E-state index in [0.717, 1.165) is 5.56 Å². The molecule has 0 unspecified atom stereocenters. The predicted octanol–water partition coefficient (Wildman–Crippen LogP) is 4.72. The number of thiazole rings is 1. The van der Waals surface area contributed by atoms with E-state index in [4.69, 9.17) is 9.47 Å². The minimum atomic E-state index is -0.414. The summed E-state index contributed by atoms with van der Waals surface area (Å²) in [7, 11) is 0. The number of nitrogens with zero attached hydrogens (tertiary/aromatic N) is 2. The first-order valence-corrected chi connectivity index (χ1v) is 9.48. The summed E-state index contributed by atoms with van der Waals surface area (Å²) in [6.07, 6.45) is 1.71. The second-order valence-corrected chi connectivity index (χ2v) is 6.82. The van der Waals surface area contributed by atoms with Crippen LogP contribution in [0.4, 0.5) is 0 Å². The quantitative estimate of drug-likeness (QED) is 0.347. The zero-order valence-corrected chi connectivity index (χ0v) is 16.5. The van der Waals surface area contributed by atoms with Gasteiger partial charge in [0.15, 0.2) is 0 Å². The monoisotopic (exact) mass is 404 g/mol. The Labute approximate surface area is 171 Å². The lowest BCUT2D eigenvalue weighted by molar-refractivity contribution is -0.132. The fourth-order valence-corrected chi connectivity index (χ4v) is 3.34. The SMILES string of the molecule is CC(=O)Oc1ccc(/C=C(\C#N)c2nc(-c3ccccc3OC(C)=O)cs2)cc1. The van der Waals surface area contributed by atoms with Gasteiger partial charge in [0.05, 0.1) is 11.3 Å². The number of carbonyl (C=O) groups excluding carboxylic acids is 2. The van der Waals surface area contributed by atoms with Crippen molar-refractivity contribution in [2.45, 2.75) is 13.8 Å². The topological polar surface area (TPSA) is 89.3 Å². The average molecular weight is 404 g/mol. The number of para-hydroxylation sites is 1. The third-order valence-corrected chi connectivity index (χ3v) is 4.60. The van der Waals surface area contributed by atoms with Gasteiger partial charge in [0, 0.05) is 24.8 Å². The highest BCUT2D eigenvalue weighted by Crippen LogP contribution is 2.33. The predicted molar refractivity (Wildman–Crippen MR) is 110 cm³/mol. The first kappa shape index (κ1) is 20.0. The van der Waals surface area contributed by atoms with Gasteiger partial charge in [-0.25, -0.2) is 4.98 Å². The second-order valence-electron chi connectivity index (χ2n) is 5.96. The van der Waals surface area contributed by atoms with Gasteiger partial charge in [-0.2, -0.15) is 5.26 Å². The van der Waals surface area contributed by atoms with Gasteiger partial charge in [0.1, 0.15) is 22.6 Å². The van der Waals surface area contributed by atoms with Gasteiger partial charge in [-0.15, -0.1) is 11.3 Å². The lowest BCUT2D eigenvalue weighted by Crippen LogP contribution is -2.02. The molecule has 0 aliphatic heterocycles. The first-order chi connectivity index (χ1) is 14.0. The zero-order chi connectivity index (χ0) is 20.8. The molecule has 7 heteroatoms. The number of rotatable bonds is 5. The fraction of sp³-hybridized carbons (Fsp3) is 0.0909. The number of carbonyl (C=O) groups is 2. The number of nitriles is 1. The molecular weight excluding hydrogens is 388 g/mol. The van der Waals surface area contributed by atoms with Crippen molar-refractivity contribution < 1.29 is 19.1 Å². The van der Waals surface area contributed by atoms with Crippen LogP contribution in [0.25, 0.3) is 22.9 Å². The molecule has 0 bridgehead atoms. The van der Waals surface area contributed by atoms with Crippen LogP contribution in [0.1, 0.15) is 24.4 Å². The zero-order valence-electron chi connectivity index (χ0n) is 15.7. The summed E-state index contributed by atoms with van der Waals surface area (Å²) >= 11 is 1.32. The summed E-state index contributed by atoms with van der Waals surface area (Å²) < 4.78 is 10.2. The Morgan fingerprint density at radius 1 is 1.03 bits per heavy atom. The standard InChI is InChI=1S/C22H16N2O4S/c1-14(25)27-18-9-7-16(8-10-18)11-17(12-23)22-24-20(13-29-22)19-5-3-4-6-21(19)28-15(2)26/h3-11,13H,1-2H3/b17-11+.